The van der Waals surface area contributed by atoms with E-state index >= 15 is 0 Å². The van der Waals surface area contributed by atoms with E-state index in [2.05, 4.69) is 29.4 Å². The number of nitrogens with one attached hydrogen (secondary N) is 2. The lowest BCUT2D eigenvalue weighted by Gasteiger charge is -2.20. The fraction of sp³-hybridized carbons (Fsp3) is 0.955. The first-order valence-corrected chi connectivity index (χ1v) is 11.6. The van der Waals surface area contributed by atoms with Gasteiger partial charge in [0.25, 0.3) is 0 Å². The van der Waals surface area contributed by atoms with E-state index in [1.54, 1.807) is 0 Å². The molecule has 0 spiro atoms. The molecule has 0 aliphatic carbocycles. The summed E-state index contributed by atoms with van der Waals surface area (Å²) in [5.74, 6) is -0.721. The lowest BCUT2D eigenvalue weighted by atomic mass is 10.1. The van der Waals surface area contributed by atoms with Crippen LogP contribution in [0, 0.1) is 0 Å². The highest BCUT2D eigenvalue weighted by Gasteiger charge is 2.08. The predicted molar refractivity (Wildman–Crippen MR) is 117 cm³/mol. The van der Waals surface area contributed by atoms with Gasteiger partial charge in [0.2, 0.25) is 0 Å². The number of hydrogen-bond acceptors (Lipinski definition) is 4. The summed E-state index contributed by atoms with van der Waals surface area (Å²) >= 11 is 0. The van der Waals surface area contributed by atoms with E-state index in [0.29, 0.717) is 0 Å². The number of unbranched alkanes of at least 4 members (excludes halogenated alkanes) is 10. The molecular weight excluding hydrogens is 338 g/mol. The van der Waals surface area contributed by atoms with Gasteiger partial charge in [0, 0.05) is 26.2 Å². The predicted octanol–water partition coefficient (Wildman–Crippen LogP) is 4.27. The molecule has 3 N–H and O–H groups in total. The van der Waals surface area contributed by atoms with Crippen LogP contribution in [0.15, 0.2) is 0 Å². The number of carboxylic acids is 1. The summed E-state index contributed by atoms with van der Waals surface area (Å²) < 4.78 is 0. The SMILES string of the molecule is CCCCCCCCNCCNCCN(CCCCCCCC)CC(=O)O. The van der Waals surface area contributed by atoms with E-state index in [9.17, 15) is 4.79 Å². The maximum Gasteiger partial charge on any atom is 0.317 e. The molecule has 0 aromatic rings. The van der Waals surface area contributed by atoms with Crippen LogP contribution in [0.5, 0.6) is 0 Å². The zero-order valence-electron chi connectivity index (χ0n) is 18.2. The standard InChI is InChI=1S/C22H47N3O2/c1-3-5-7-9-11-13-15-23-16-17-24-18-20-25(21-22(26)27)19-14-12-10-8-6-4-2/h23-24H,3-21H2,1-2H3,(H,26,27). The van der Waals surface area contributed by atoms with Gasteiger partial charge in [-0.15, -0.1) is 0 Å². The Morgan fingerprint density at radius 2 is 1.19 bits per heavy atom. The Morgan fingerprint density at radius 3 is 1.78 bits per heavy atom. The number of nitrogens with zero attached hydrogens (tertiary/aromatic N) is 1. The summed E-state index contributed by atoms with van der Waals surface area (Å²) in [6, 6.07) is 0. The Morgan fingerprint density at radius 1 is 0.667 bits per heavy atom. The Bertz CT molecular complexity index is 314. The monoisotopic (exact) mass is 385 g/mol. The van der Waals surface area contributed by atoms with Crippen molar-refractivity contribution in [1.82, 2.24) is 15.5 Å². The second kappa shape index (κ2) is 21.6. The van der Waals surface area contributed by atoms with Gasteiger partial charge in [-0.2, -0.15) is 0 Å². The van der Waals surface area contributed by atoms with Crippen LogP contribution in [0.3, 0.4) is 0 Å². The van der Waals surface area contributed by atoms with Crippen molar-refractivity contribution < 1.29 is 9.90 Å². The van der Waals surface area contributed by atoms with Crippen LogP contribution >= 0.6 is 0 Å². The molecule has 0 aromatic heterocycles. The summed E-state index contributed by atoms with van der Waals surface area (Å²) in [6.07, 6.45) is 15.5. The van der Waals surface area contributed by atoms with Crippen LogP contribution in [-0.4, -0.2) is 61.8 Å². The normalized spacial score (nSPS) is 11.4. The summed E-state index contributed by atoms with van der Waals surface area (Å²) in [7, 11) is 0. The third-order valence-electron chi connectivity index (χ3n) is 4.98. The van der Waals surface area contributed by atoms with Gasteiger partial charge in [-0.1, -0.05) is 78.1 Å². The van der Waals surface area contributed by atoms with Crippen LogP contribution in [0.25, 0.3) is 0 Å². The third-order valence-corrected chi connectivity index (χ3v) is 4.98. The molecule has 27 heavy (non-hydrogen) atoms. The van der Waals surface area contributed by atoms with Crippen LogP contribution in [0.4, 0.5) is 0 Å². The Balaban J connectivity index is 3.51. The molecule has 0 aromatic carbocycles. The number of hydrogen-bond donors (Lipinski definition) is 3. The first-order chi connectivity index (χ1) is 13.2. The molecule has 162 valence electrons. The second-order valence-corrected chi connectivity index (χ2v) is 7.71. The third kappa shape index (κ3) is 21.5. The molecule has 0 unspecified atom stereocenters. The highest BCUT2D eigenvalue weighted by Crippen LogP contribution is 2.06. The van der Waals surface area contributed by atoms with Gasteiger partial charge in [-0.05, 0) is 25.9 Å². The smallest absolute Gasteiger partial charge is 0.317 e. The summed E-state index contributed by atoms with van der Waals surface area (Å²) in [6.45, 7) is 10.3. The van der Waals surface area contributed by atoms with Crippen LogP contribution in [0.1, 0.15) is 90.9 Å². The molecule has 5 heteroatoms. The maximum absolute atomic E-state index is 11.0. The molecule has 0 bridgehead atoms. The van der Waals surface area contributed by atoms with E-state index in [1.807, 2.05) is 0 Å². The van der Waals surface area contributed by atoms with Gasteiger partial charge < -0.3 is 15.7 Å². The fourth-order valence-corrected chi connectivity index (χ4v) is 3.27. The number of carbonyl (C=O) groups is 1. The minimum absolute atomic E-state index is 0.160. The zero-order valence-corrected chi connectivity index (χ0v) is 18.2. The minimum atomic E-state index is -0.721. The average molecular weight is 386 g/mol. The molecular formula is C22H47N3O2. The molecule has 0 saturated carbocycles. The van der Waals surface area contributed by atoms with Crippen molar-refractivity contribution >= 4 is 5.97 Å². The van der Waals surface area contributed by atoms with Crippen molar-refractivity contribution in [2.24, 2.45) is 0 Å². The van der Waals surface area contributed by atoms with Crippen molar-refractivity contribution in [3.8, 4) is 0 Å². The number of aliphatic carboxylic acids is 1. The van der Waals surface area contributed by atoms with E-state index in [-0.39, 0.29) is 6.54 Å². The van der Waals surface area contributed by atoms with Crippen molar-refractivity contribution in [2.75, 3.05) is 45.8 Å². The van der Waals surface area contributed by atoms with Gasteiger partial charge in [0.15, 0.2) is 0 Å². The highest BCUT2D eigenvalue weighted by atomic mass is 16.4. The summed E-state index contributed by atoms with van der Waals surface area (Å²) in [4.78, 5) is 13.1. The zero-order chi connectivity index (χ0) is 20.0. The van der Waals surface area contributed by atoms with Crippen molar-refractivity contribution in [3.05, 3.63) is 0 Å². The quantitative estimate of drug-likeness (QED) is 0.243. The number of carboxylic acid groups (broad SMARTS) is 1. The Hall–Kier alpha value is -0.650. The first kappa shape index (κ1) is 26.4. The van der Waals surface area contributed by atoms with Crippen LogP contribution in [-0.2, 0) is 4.79 Å². The summed E-state index contributed by atoms with van der Waals surface area (Å²) in [5, 5.41) is 16.0. The molecule has 0 amide bonds. The van der Waals surface area contributed by atoms with Crippen LogP contribution < -0.4 is 10.6 Å². The van der Waals surface area contributed by atoms with E-state index in [0.717, 1.165) is 45.7 Å². The summed E-state index contributed by atoms with van der Waals surface area (Å²) in [5.41, 5.74) is 0. The number of rotatable bonds is 22. The molecule has 0 heterocycles. The van der Waals surface area contributed by atoms with Gasteiger partial charge in [0.05, 0.1) is 6.54 Å². The molecule has 0 aliphatic heterocycles. The molecule has 0 fully saturated rings. The topological polar surface area (TPSA) is 64.6 Å². The lowest BCUT2D eigenvalue weighted by molar-refractivity contribution is -0.138. The van der Waals surface area contributed by atoms with Gasteiger partial charge in [-0.3, -0.25) is 9.69 Å². The fourth-order valence-electron chi connectivity index (χ4n) is 3.27. The molecule has 5 nitrogen and oxygen atoms in total. The molecule has 0 atom stereocenters. The van der Waals surface area contributed by atoms with Crippen molar-refractivity contribution in [1.29, 1.82) is 0 Å². The van der Waals surface area contributed by atoms with E-state index in [1.165, 1.54) is 70.6 Å². The average Bonchev–Trinajstić information content (AvgIpc) is 2.64. The Kier molecular flexibility index (Phi) is 21.1. The molecule has 0 aliphatic rings. The van der Waals surface area contributed by atoms with Gasteiger partial charge in [-0.25, -0.2) is 0 Å². The second-order valence-electron chi connectivity index (χ2n) is 7.71. The van der Waals surface area contributed by atoms with E-state index < -0.39 is 5.97 Å². The molecule has 0 saturated heterocycles. The molecule has 0 rings (SSSR count). The maximum atomic E-state index is 11.0. The van der Waals surface area contributed by atoms with Crippen LogP contribution in [0.2, 0.25) is 0 Å². The Labute approximate surface area is 168 Å². The lowest BCUT2D eigenvalue weighted by Crippen LogP contribution is -2.38. The van der Waals surface area contributed by atoms with Crippen molar-refractivity contribution in [3.63, 3.8) is 0 Å². The first-order valence-electron chi connectivity index (χ1n) is 11.6. The van der Waals surface area contributed by atoms with E-state index in [4.69, 9.17) is 5.11 Å². The highest BCUT2D eigenvalue weighted by molar-refractivity contribution is 5.69. The molecule has 0 radical (unpaired) electrons. The van der Waals surface area contributed by atoms with Gasteiger partial charge in [0.1, 0.15) is 0 Å². The van der Waals surface area contributed by atoms with Gasteiger partial charge >= 0.3 is 5.97 Å². The largest absolute Gasteiger partial charge is 0.480 e. The minimum Gasteiger partial charge on any atom is -0.480 e. The van der Waals surface area contributed by atoms with Crippen molar-refractivity contribution in [2.45, 2.75) is 90.9 Å².